The lowest BCUT2D eigenvalue weighted by Crippen LogP contribution is -2.45. The number of thiocarbonyl (C=S) groups is 1. The topological polar surface area (TPSA) is 106 Å². The number of rotatable bonds is 10. The zero-order valence-electron chi connectivity index (χ0n) is 23.9. The van der Waals surface area contributed by atoms with Crippen molar-refractivity contribution in [1.82, 2.24) is 20.6 Å². The molecule has 1 aromatic heterocycles. The van der Waals surface area contributed by atoms with Gasteiger partial charge in [0.15, 0.2) is 11.7 Å². The molecule has 0 unspecified atom stereocenters. The summed E-state index contributed by atoms with van der Waals surface area (Å²) < 4.78 is 13.2. The Balaban J connectivity index is 1.28. The third kappa shape index (κ3) is 7.05. The number of carbonyl (C=O) groups is 2. The van der Waals surface area contributed by atoms with Crippen molar-refractivity contribution >= 4 is 69.5 Å². The molecule has 0 saturated carbocycles. The Hall–Kier alpha value is -4.38. The fourth-order valence-corrected chi connectivity index (χ4v) is 5.69. The van der Waals surface area contributed by atoms with Crippen LogP contribution in [0, 0.1) is 0 Å². The van der Waals surface area contributed by atoms with E-state index in [9.17, 15) is 9.59 Å². The molecule has 12 heteroatoms. The number of hydrogen-bond donors (Lipinski definition) is 3. The monoisotopic (exact) mass is 649 g/mol. The summed E-state index contributed by atoms with van der Waals surface area (Å²) in [5.74, 6) is -0.525. The second kappa shape index (κ2) is 13.9. The molecular weight excluding hydrogens is 621 g/mol. The van der Waals surface area contributed by atoms with Gasteiger partial charge in [-0.2, -0.15) is 5.10 Å². The van der Waals surface area contributed by atoms with Crippen LogP contribution in [0.5, 0.6) is 5.75 Å². The van der Waals surface area contributed by atoms with Gasteiger partial charge in [-0.1, -0.05) is 65.7 Å². The number of halogens is 2. The third-order valence-electron chi connectivity index (χ3n) is 6.92. The first-order valence-electron chi connectivity index (χ1n) is 13.8. The maximum absolute atomic E-state index is 12.8. The summed E-state index contributed by atoms with van der Waals surface area (Å²) in [6, 6.07) is 19.8. The first kappa shape index (κ1) is 31.1. The Kier molecular flexibility index (Phi) is 9.84. The average molecular weight is 651 g/mol. The molecule has 226 valence electrons. The van der Waals surface area contributed by atoms with Crippen LogP contribution in [-0.4, -0.2) is 41.0 Å². The normalized spacial score (nSPS) is 14.8. The van der Waals surface area contributed by atoms with Crippen LogP contribution in [0.4, 0.5) is 0 Å². The van der Waals surface area contributed by atoms with Gasteiger partial charge in [0.2, 0.25) is 0 Å². The highest BCUT2D eigenvalue weighted by molar-refractivity contribution is 7.80. The molecule has 0 saturated heterocycles. The predicted molar refractivity (Wildman–Crippen MR) is 176 cm³/mol. The summed E-state index contributed by atoms with van der Waals surface area (Å²) in [4.78, 5) is 25.5. The van der Waals surface area contributed by atoms with Crippen molar-refractivity contribution in [2.24, 2.45) is 5.10 Å². The number of fused-ring (bicyclic) bond motifs is 1. The summed E-state index contributed by atoms with van der Waals surface area (Å²) in [6.07, 6.45) is 3.54. The van der Waals surface area contributed by atoms with Crippen LogP contribution in [0.1, 0.15) is 36.6 Å². The first-order chi connectivity index (χ1) is 21.2. The van der Waals surface area contributed by atoms with Gasteiger partial charge < -0.3 is 24.7 Å². The molecule has 0 fully saturated rings. The van der Waals surface area contributed by atoms with Gasteiger partial charge in [-0.15, -0.1) is 0 Å². The number of hydrogen-bond acceptors (Lipinski definition) is 6. The number of aromatic nitrogens is 1. The fourth-order valence-electron chi connectivity index (χ4n) is 4.95. The number of amides is 1. The second-order valence-corrected chi connectivity index (χ2v) is 11.1. The van der Waals surface area contributed by atoms with Crippen LogP contribution in [-0.2, 0) is 20.9 Å². The quantitative estimate of drug-likeness (QED) is 0.0852. The SMILES string of the molecule is CCOC(=O)C1=C(C)NC(=S)N[C@H]1c1ccccc1OCC(=O)NN=Cc1cn(Cc2ccc(Cl)cc2Cl)c2ccccc12. The number of benzene rings is 3. The van der Waals surface area contributed by atoms with E-state index in [1.165, 1.54) is 0 Å². The molecule has 0 aliphatic carbocycles. The number of nitrogens with one attached hydrogen (secondary N) is 3. The molecule has 4 aromatic rings. The fraction of sp³-hybridized carbons (Fsp3) is 0.188. The van der Waals surface area contributed by atoms with Gasteiger partial charge in [-0.3, -0.25) is 4.79 Å². The van der Waals surface area contributed by atoms with E-state index >= 15 is 0 Å². The molecule has 1 aliphatic heterocycles. The van der Waals surface area contributed by atoms with E-state index in [1.54, 1.807) is 44.3 Å². The van der Waals surface area contributed by atoms with Crippen LogP contribution < -0.4 is 20.8 Å². The molecule has 0 bridgehead atoms. The predicted octanol–water partition coefficient (Wildman–Crippen LogP) is 5.88. The van der Waals surface area contributed by atoms with Crippen LogP contribution in [0.3, 0.4) is 0 Å². The maximum Gasteiger partial charge on any atom is 0.338 e. The zero-order chi connectivity index (χ0) is 31.2. The minimum Gasteiger partial charge on any atom is -0.483 e. The number of nitrogens with zero attached hydrogens (tertiary/aromatic N) is 2. The Labute approximate surface area is 269 Å². The average Bonchev–Trinajstić information content (AvgIpc) is 3.34. The highest BCUT2D eigenvalue weighted by atomic mass is 35.5. The molecule has 3 N–H and O–H groups in total. The van der Waals surface area contributed by atoms with Gasteiger partial charge in [0.05, 0.1) is 24.4 Å². The standard InChI is InChI=1S/C32H29Cl2N5O4S/c1-3-42-31(41)29-19(2)36-32(44)37-30(29)24-9-5-7-11-27(24)43-18-28(40)38-35-15-21-17-39(26-10-6-4-8-23(21)26)16-20-12-13-22(33)14-25(20)34/h4-15,17,30H,3,16,18H2,1-2H3,(H,38,40)(H2,36,37,44)/t30-/m0/s1. The van der Waals surface area contributed by atoms with Crippen LogP contribution in [0.2, 0.25) is 10.0 Å². The minimum absolute atomic E-state index is 0.225. The van der Waals surface area contributed by atoms with Gasteiger partial charge in [0.1, 0.15) is 5.75 Å². The number of carbonyl (C=O) groups excluding carboxylic acids is 2. The van der Waals surface area contributed by atoms with Crippen LogP contribution >= 0.6 is 35.4 Å². The molecule has 0 radical (unpaired) electrons. The molecule has 1 atom stereocenters. The number of allylic oxidation sites excluding steroid dienone is 1. The number of ether oxygens (including phenoxy) is 2. The number of esters is 1. The van der Waals surface area contributed by atoms with Crippen LogP contribution in [0.25, 0.3) is 10.9 Å². The number of hydrazone groups is 1. The van der Waals surface area contributed by atoms with Gasteiger partial charge >= 0.3 is 5.97 Å². The van der Waals surface area contributed by atoms with Crippen molar-refractivity contribution in [1.29, 1.82) is 0 Å². The highest BCUT2D eigenvalue weighted by Gasteiger charge is 2.32. The van der Waals surface area contributed by atoms with Crippen molar-refractivity contribution in [2.45, 2.75) is 26.4 Å². The summed E-state index contributed by atoms with van der Waals surface area (Å²) in [5.41, 5.74) is 6.85. The van der Waals surface area contributed by atoms with Gasteiger partial charge in [0.25, 0.3) is 5.91 Å². The van der Waals surface area contributed by atoms with E-state index in [0.717, 1.165) is 22.0 Å². The Morgan fingerprint density at radius 3 is 2.68 bits per heavy atom. The largest absolute Gasteiger partial charge is 0.483 e. The lowest BCUT2D eigenvalue weighted by atomic mass is 9.95. The van der Waals surface area contributed by atoms with Crippen LogP contribution in [0.15, 0.2) is 89.3 Å². The van der Waals surface area contributed by atoms with E-state index in [-0.39, 0.29) is 13.2 Å². The van der Waals surface area contributed by atoms with Gasteiger partial charge in [0, 0.05) is 50.5 Å². The van der Waals surface area contributed by atoms with Crippen molar-refractivity contribution in [3.63, 3.8) is 0 Å². The van der Waals surface area contributed by atoms with Crippen molar-refractivity contribution in [3.05, 3.63) is 111 Å². The molecular formula is C32H29Cl2N5O4S. The van der Waals surface area contributed by atoms with E-state index < -0.39 is 17.9 Å². The Bertz CT molecular complexity index is 1800. The molecule has 5 rings (SSSR count). The van der Waals surface area contributed by atoms with Gasteiger partial charge in [-0.05, 0) is 55.9 Å². The van der Waals surface area contributed by atoms with Crippen molar-refractivity contribution in [3.8, 4) is 5.75 Å². The molecule has 9 nitrogen and oxygen atoms in total. The zero-order valence-corrected chi connectivity index (χ0v) is 26.2. The Morgan fingerprint density at radius 1 is 1.11 bits per heavy atom. The molecule has 2 heterocycles. The molecule has 3 aromatic carbocycles. The highest BCUT2D eigenvalue weighted by Crippen LogP contribution is 2.33. The smallest absolute Gasteiger partial charge is 0.338 e. The first-order valence-corrected chi connectivity index (χ1v) is 14.9. The van der Waals surface area contributed by atoms with E-state index in [2.05, 4.69) is 25.7 Å². The van der Waals surface area contributed by atoms with Gasteiger partial charge in [-0.25, -0.2) is 10.2 Å². The van der Waals surface area contributed by atoms with Crippen molar-refractivity contribution < 1.29 is 19.1 Å². The summed E-state index contributed by atoms with van der Waals surface area (Å²) >= 11 is 17.8. The van der Waals surface area contributed by atoms with Crippen molar-refractivity contribution in [2.75, 3.05) is 13.2 Å². The minimum atomic E-state index is -0.625. The maximum atomic E-state index is 12.8. The molecule has 1 amide bonds. The molecule has 1 aliphatic rings. The summed E-state index contributed by atoms with van der Waals surface area (Å²) in [6.45, 7) is 3.95. The molecule has 0 spiro atoms. The Morgan fingerprint density at radius 2 is 1.89 bits per heavy atom. The molecule has 44 heavy (non-hydrogen) atoms. The van der Waals surface area contributed by atoms with E-state index in [4.69, 9.17) is 44.9 Å². The lowest BCUT2D eigenvalue weighted by molar-refractivity contribution is -0.139. The number of para-hydroxylation sites is 2. The second-order valence-electron chi connectivity index (χ2n) is 9.88. The summed E-state index contributed by atoms with van der Waals surface area (Å²) in [7, 11) is 0. The van der Waals surface area contributed by atoms with E-state index in [0.29, 0.717) is 44.3 Å². The third-order valence-corrected chi connectivity index (χ3v) is 7.73. The van der Waals surface area contributed by atoms with E-state index in [1.807, 2.05) is 48.7 Å². The summed E-state index contributed by atoms with van der Waals surface area (Å²) in [5, 5.41) is 12.7. The lowest BCUT2D eigenvalue weighted by Gasteiger charge is -2.30.